The number of pyridine rings is 1. The monoisotopic (exact) mass is 442 g/mol. The lowest BCUT2D eigenvalue weighted by atomic mass is 10.3. The van der Waals surface area contributed by atoms with Crippen molar-refractivity contribution in [3.63, 3.8) is 0 Å². The zero-order valence-corrected chi connectivity index (χ0v) is 17.8. The number of carbonyl (C=O) groups is 1. The van der Waals surface area contributed by atoms with Crippen LogP contribution in [0.2, 0.25) is 0 Å². The number of sulfonamides is 1. The number of urea groups is 1. The summed E-state index contributed by atoms with van der Waals surface area (Å²) >= 11 is 0. The number of nitrogens with one attached hydrogen (secondary N) is 3. The van der Waals surface area contributed by atoms with Crippen molar-refractivity contribution in [2.75, 3.05) is 24.3 Å². The predicted molar refractivity (Wildman–Crippen MR) is 117 cm³/mol. The number of benzene rings is 2. The minimum Gasteiger partial charge on any atom is -0.497 e. The zero-order chi connectivity index (χ0) is 22.3. The number of anilines is 2. The van der Waals surface area contributed by atoms with Gasteiger partial charge in [0.05, 0.1) is 14.2 Å². The molecule has 2 amide bonds. The molecule has 0 aliphatic heterocycles. The van der Waals surface area contributed by atoms with Gasteiger partial charge in [-0.3, -0.25) is 9.71 Å². The molecule has 0 radical (unpaired) electrons. The van der Waals surface area contributed by atoms with Gasteiger partial charge in [-0.2, -0.15) is 0 Å². The van der Waals surface area contributed by atoms with Crippen LogP contribution in [0.15, 0.2) is 71.9 Å². The number of methoxy groups -OCH3 is 2. The van der Waals surface area contributed by atoms with Gasteiger partial charge in [-0.25, -0.2) is 13.2 Å². The lowest BCUT2D eigenvalue weighted by Gasteiger charge is -2.13. The molecule has 3 aromatic rings. The third-order valence-electron chi connectivity index (χ3n) is 4.23. The van der Waals surface area contributed by atoms with E-state index in [1.807, 2.05) is 6.07 Å². The van der Waals surface area contributed by atoms with Crippen LogP contribution < -0.4 is 24.8 Å². The first-order valence-electron chi connectivity index (χ1n) is 9.20. The summed E-state index contributed by atoms with van der Waals surface area (Å²) in [5.41, 5.74) is 1.70. The highest BCUT2D eigenvalue weighted by Gasteiger charge is 2.20. The molecule has 31 heavy (non-hydrogen) atoms. The van der Waals surface area contributed by atoms with E-state index in [-0.39, 0.29) is 10.6 Å². The van der Waals surface area contributed by atoms with Gasteiger partial charge in [0.15, 0.2) is 0 Å². The summed E-state index contributed by atoms with van der Waals surface area (Å²) in [6.45, 7) is 0.333. The summed E-state index contributed by atoms with van der Waals surface area (Å²) < 4.78 is 38.3. The normalized spacial score (nSPS) is 10.8. The van der Waals surface area contributed by atoms with E-state index in [9.17, 15) is 13.2 Å². The summed E-state index contributed by atoms with van der Waals surface area (Å²) in [5, 5.41) is 5.40. The molecule has 162 valence electrons. The second-order valence-corrected chi connectivity index (χ2v) is 8.02. The van der Waals surface area contributed by atoms with Gasteiger partial charge < -0.3 is 20.1 Å². The molecule has 0 atom stereocenters. The molecule has 0 aliphatic rings. The third-order valence-corrected chi connectivity index (χ3v) is 5.63. The Balaban J connectivity index is 1.64. The van der Waals surface area contributed by atoms with Crippen molar-refractivity contribution in [2.24, 2.45) is 0 Å². The van der Waals surface area contributed by atoms with Crippen molar-refractivity contribution in [1.29, 1.82) is 0 Å². The maximum atomic E-state index is 12.8. The van der Waals surface area contributed by atoms with Gasteiger partial charge in [0.2, 0.25) is 0 Å². The first-order chi connectivity index (χ1) is 14.9. The second-order valence-electron chi connectivity index (χ2n) is 6.37. The Bertz CT molecular complexity index is 1140. The van der Waals surface area contributed by atoms with Crippen molar-refractivity contribution < 1.29 is 22.7 Å². The molecule has 3 rings (SSSR count). The van der Waals surface area contributed by atoms with E-state index in [4.69, 9.17) is 9.47 Å². The van der Waals surface area contributed by atoms with Gasteiger partial charge in [0, 0.05) is 36.4 Å². The van der Waals surface area contributed by atoms with Gasteiger partial charge in [0.1, 0.15) is 16.4 Å². The van der Waals surface area contributed by atoms with E-state index in [0.717, 1.165) is 5.56 Å². The highest BCUT2D eigenvalue weighted by molar-refractivity contribution is 7.92. The van der Waals surface area contributed by atoms with Crippen LogP contribution in [0.1, 0.15) is 5.56 Å². The van der Waals surface area contributed by atoms with Gasteiger partial charge in [-0.05, 0) is 48.0 Å². The molecule has 9 nitrogen and oxygen atoms in total. The smallest absolute Gasteiger partial charge is 0.319 e. The highest BCUT2D eigenvalue weighted by atomic mass is 32.2. The molecule has 3 N–H and O–H groups in total. The summed E-state index contributed by atoms with van der Waals surface area (Å²) in [4.78, 5) is 16.0. The molecule has 0 saturated carbocycles. The minimum atomic E-state index is -3.92. The molecule has 0 spiro atoms. The number of carbonyl (C=O) groups excluding carboxylic acids is 1. The van der Waals surface area contributed by atoms with E-state index in [1.54, 1.807) is 48.8 Å². The lowest BCUT2D eigenvalue weighted by Crippen LogP contribution is -2.28. The number of nitrogens with zero attached hydrogens (tertiary/aromatic N) is 1. The Morgan fingerprint density at radius 3 is 2.39 bits per heavy atom. The zero-order valence-electron chi connectivity index (χ0n) is 17.0. The largest absolute Gasteiger partial charge is 0.497 e. The van der Waals surface area contributed by atoms with E-state index in [1.165, 1.54) is 26.4 Å². The molecule has 0 aliphatic carbocycles. The fourth-order valence-electron chi connectivity index (χ4n) is 2.69. The van der Waals surface area contributed by atoms with E-state index in [0.29, 0.717) is 23.7 Å². The number of hydrogen-bond acceptors (Lipinski definition) is 6. The maximum absolute atomic E-state index is 12.8. The molecule has 2 aromatic carbocycles. The molecule has 0 fully saturated rings. The summed E-state index contributed by atoms with van der Waals surface area (Å²) in [5.74, 6) is 0.579. The van der Waals surface area contributed by atoms with Gasteiger partial charge >= 0.3 is 6.03 Å². The van der Waals surface area contributed by atoms with Crippen molar-refractivity contribution in [3.05, 3.63) is 72.6 Å². The average molecular weight is 442 g/mol. The molecule has 10 heteroatoms. The van der Waals surface area contributed by atoms with Crippen LogP contribution in [-0.4, -0.2) is 33.7 Å². The number of ether oxygens (including phenoxy) is 2. The molecule has 0 saturated heterocycles. The maximum Gasteiger partial charge on any atom is 0.319 e. The topological polar surface area (TPSA) is 119 Å². The number of aromatic nitrogens is 1. The van der Waals surface area contributed by atoms with Gasteiger partial charge in [-0.15, -0.1) is 0 Å². The van der Waals surface area contributed by atoms with Crippen LogP contribution in [0, 0.1) is 0 Å². The first-order valence-corrected chi connectivity index (χ1v) is 10.7. The van der Waals surface area contributed by atoms with Crippen LogP contribution in [0.25, 0.3) is 0 Å². The molecular weight excluding hydrogens is 420 g/mol. The van der Waals surface area contributed by atoms with Crippen molar-refractivity contribution in [3.8, 4) is 11.5 Å². The lowest BCUT2D eigenvalue weighted by molar-refractivity contribution is 0.251. The average Bonchev–Trinajstić information content (AvgIpc) is 2.79. The summed E-state index contributed by atoms with van der Waals surface area (Å²) in [6, 6.07) is 14.0. The fourth-order valence-corrected chi connectivity index (χ4v) is 3.93. The quantitative estimate of drug-likeness (QED) is 0.493. The number of amides is 2. The van der Waals surface area contributed by atoms with Crippen LogP contribution in [0.4, 0.5) is 16.2 Å². The Labute approximate surface area is 180 Å². The van der Waals surface area contributed by atoms with Crippen LogP contribution in [0.5, 0.6) is 11.5 Å². The number of rotatable bonds is 8. The molecule has 1 aromatic heterocycles. The third kappa shape index (κ3) is 5.86. The highest BCUT2D eigenvalue weighted by Crippen LogP contribution is 2.29. The molecule has 0 bridgehead atoms. The van der Waals surface area contributed by atoms with Crippen LogP contribution in [-0.2, 0) is 16.6 Å². The van der Waals surface area contributed by atoms with Crippen LogP contribution >= 0.6 is 0 Å². The standard InChI is InChI=1S/C21H22N4O5S/c1-29-18-9-10-19(30-2)20(12-18)31(27,28)25-17-7-5-16(6-8-17)24-21(26)23-14-15-4-3-11-22-13-15/h3-13,25H,14H2,1-2H3,(H2,23,24,26). The van der Waals surface area contributed by atoms with Gasteiger partial charge in [0.25, 0.3) is 10.0 Å². The van der Waals surface area contributed by atoms with Crippen molar-refractivity contribution >= 4 is 27.4 Å². The number of hydrogen-bond donors (Lipinski definition) is 3. The molecule has 1 heterocycles. The summed E-state index contributed by atoms with van der Waals surface area (Å²) in [7, 11) is -1.09. The Kier molecular flexibility index (Phi) is 6.93. The first kappa shape index (κ1) is 21.9. The molecular formula is C21H22N4O5S. The van der Waals surface area contributed by atoms with Crippen molar-refractivity contribution in [1.82, 2.24) is 10.3 Å². The minimum absolute atomic E-state index is 0.0497. The van der Waals surface area contributed by atoms with Gasteiger partial charge in [-0.1, -0.05) is 6.07 Å². The second kappa shape index (κ2) is 9.81. The van der Waals surface area contributed by atoms with Crippen LogP contribution in [0.3, 0.4) is 0 Å². The Morgan fingerprint density at radius 1 is 1.00 bits per heavy atom. The Morgan fingerprint density at radius 2 is 1.74 bits per heavy atom. The fraction of sp³-hybridized carbons (Fsp3) is 0.143. The predicted octanol–water partition coefficient (Wildman–Crippen LogP) is 3.22. The van der Waals surface area contributed by atoms with E-state index in [2.05, 4.69) is 20.3 Å². The SMILES string of the molecule is COc1ccc(OC)c(S(=O)(=O)Nc2ccc(NC(=O)NCc3cccnc3)cc2)c1. The summed E-state index contributed by atoms with van der Waals surface area (Å²) in [6.07, 6.45) is 3.32. The Hall–Kier alpha value is -3.79. The molecule has 0 unspecified atom stereocenters. The van der Waals surface area contributed by atoms with E-state index < -0.39 is 16.1 Å². The van der Waals surface area contributed by atoms with Crippen molar-refractivity contribution in [2.45, 2.75) is 11.4 Å². The van der Waals surface area contributed by atoms with E-state index >= 15 is 0 Å².